The number of halogens is 1. The SMILES string of the molecule is Cc1cc(C2CNCC(C)C2)n(C)c(=O)c1Br. The summed E-state index contributed by atoms with van der Waals surface area (Å²) >= 11 is 3.35. The third kappa shape index (κ3) is 2.47. The van der Waals surface area contributed by atoms with Crippen molar-refractivity contribution in [1.29, 1.82) is 0 Å². The molecular formula is C13H19BrN2O. The van der Waals surface area contributed by atoms with Crippen LogP contribution in [0.5, 0.6) is 0 Å². The summed E-state index contributed by atoms with van der Waals surface area (Å²) in [5, 5.41) is 3.44. The zero-order valence-corrected chi connectivity index (χ0v) is 12.2. The summed E-state index contributed by atoms with van der Waals surface area (Å²) in [4.78, 5) is 12.0. The van der Waals surface area contributed by atoms with E-state index in [1.165, 1.54) is 0 Å². The predicted molar refractivity (Wildman–Crippen MR) is 73.5 cm³/mol. The van der Waals surface area contributed by atoms with Crippen LogP contribution in [0.1, 0.15) is 30.5 Å². The second-order valence-corrected chi connectivity index (χ2v) is 5.92. The topological polar surface area (TPSA) is 34.0 Å². The molecule has 94 valence electrons. The molecule has 2 unspecified atom stereocenters. The van der Waals surface area contributed by atoms with E-state index in [1.807, 2.05) is 14.0 Å². The van der Waals surface area contributed by atoms with Gasteiger partial charge in [-0.05, 0) is 53.4 Å². The maximum Gasteiger partial charge on any atom is 0.265 e. The number of rotatable bonds is 1. The van der Waals surface area contributed by atoms with Gasteiger partial charge in [-0.2, -0.15) is 0 Å². The van der Waals surface area contributed by atoms with E-state index >= 15 is 0 Å². The number of aryl methyl sites for hydroxylation is 1. The predicted octanol–water partition coefficient (Wildman–Crippen LogP) is 2.17. The summed E-state index contributed by atoms with van der Waals surface area (Å²) in [6.45, 7) is 6.29. The van der Waals surface area contributed by atoms with E-state index in [4.69, 9.17) is 0 Å². The maximum atomic E-state index is 12.0. The van der Waals surface area contributed by atoms with Crippen LogP contribution in [0.4, 0.5) is 0 Å². The van der Waals surface area contributed by atoms with E-state index in [1.54, 1.807) is 4.57 Å². The first-order valence-corrected chi connectivity index (χ1v) is 6.86. The quantitative estimate of drug-likeness (QED) is 0.862. The third-order valence-electron chi connectivity index (χ3n) is 3.58. The van der Waals surface area contributed by atoms with E-state index in [0.29, 0.717) is 16.3 Å². The van der Waals surface area contributed by atoms with Crippen LogP contribution in [0.25, 0.3) is 0 Å². The molecule has 1 fully saturated rings. The molecule has 4 heteroatoms. The molecule has 1 aromatic rings. The van der Waals surface area contributed by atoms with Crippen LogP contribution in [0, 0.1) is 12.8 Å². The van der Waals surface area contributed by atoms with Crippen LogP contribution in [-0.2, 0) is 7.05 Å². The number of nitrogens with zero attached hydrogens (tertiary/aromatic N) is 1. The molecule has 0 radical (unpaired) electrons. The molecule has 1 saturated heterocycles. The first-order valence-electron chi connectivity index (χ1n) is 6.07. The number of hydrogen-bond acceptors (Lipinski definition) is 2. The van der Waals surface area contributed by atoms with Crippen LogP contribution >= 0.6 is 15.9 Å². The van der Waals surface area contributed by atoms with E-state index in [-0.39, 0.29) is 5.56 Å². The first kappa shape index (κ1) is 12.8. The van der Waals surface area contributed by atoms with Gasteiger partial charge in [0.05, 0.1) is 4.47 Å². The van der Waals surface area contributed by atoms with Crippen molar-refractivity contribution >= 4 is 15.9 Å². The van der Waals surface area contributed by atoms with Gasteiger partial charge in [-0.3, -0.25) is 4.79 Å². The molecule has 1 aliphatic rings. The Balaban J connectivity index is 2.42. The van der Waals surface area contributed by atoms with Gasteiger partial charge in [0, 0.05) is 25.2 Å². The minimum absolute atomic E-state index is 0.0678. The molecule has 0 saturated carbocycles. The summed E-state index contributed by atoms with van der Waals surface area (Å²) < 4.78 is 2.46. The van der Waals surface area contributed by atoms with Crippen LogP contribution in [-0.4, -0.2) is 17.7 Å². The second kappa shape index (κ2) is 4.94. The Morgan fingerprint density at radius 2 is 2.18 bits per heavy atom. The standard InChI is InChI=1S/C13H19BrN2O/c1-8-4-10(7-15-6-8)11-5-9(2)12(14)13(17)16(11)3/h5,8,10,15H,4,6-7H2,1-3H3. The zero-order chi connectivity index (χ0) is 12.6. The average Bonchev–Trinajstić information content (AvgIpc) is 2.31. The molecule has 2 rings (SSSR count). The van der Waals surface area contributed by atoms with Crippen LogP contribution in [0.3, 0.4) is 0 Å². The van der Waals surface area contributed by atoms with Gasteiger partial charge in [0.25, 0.3) is 5.56 Å². The number of hydrogen-bond donors (Lipinski definition) is 1. The highest BCUT2D eigenvalue weighted by atomic mass is 79.9. The normalized spacial score (nSPS) is 24.9. The summed E-state index contributed by atoms with van der Waals surface area (Å²) in [7, 11) is 1.86. The van der Waals surface area contributed by atoms with Crippen molar-refractivity contribution in [2.24, 2.45) is 13.0 Å². The van der Waals surface area contributed by atoms with E-state index in [0.717, 1.165) is 30.8 Å². The van der Waals surface area contributed by atoms with Gasteiger partial charge < -0.3 is 9.88 Å². The molecule has 17 heavy (non-hydrogen) atoms. The highest BCUT2D eigenvalue weighted by Gasteiger charge is 2.23. The third-order valence-corrected chi connectivity index (χ3v) is 4.54. The van der Waals surface area contributed by atoms with Gasteiger partial charge in [0.1, 0.15) is 0 Å². The lowest BCUT2D eigenvalue weighted by atomic mass is 9.88. The van der Waals surface area contributed by atoms with Crippen molar-refractivity contribution in [1.82, 2.24) is 9.88 Å². The monoisotopic (exact) mass is 298 g/mol. The molecule has 0 aromatic carbocycles. The average molecular weight is 299 g/mol. The van der Waals surface area contributed by atoms with Crippen LogP contribution in [0.2, 0.25) is 0 Å². The van der Waals surface area contributed by atoms with Gasteiger partial charge in [-0.1, -0.05) is 6.92 Å². The lowest BCUT2D eigenvalue weighted by molar-refractivity contribution is 0.353. The summed E-state index contributed by atoms with van der Waals surface area (Å²) in [5.41, 5.74) is 2.24. The molecule has 0 aliphatic carbocycles. The Kier molecular flexibility index (Phi) is 3.73. The number of piperidine rings is 1. The van der Waals surface area contributed by atoms with E-state index < -0.39 is 0 Å². The van der Waals surface area contributed by atoms with Gasteiger partial charge in [-0.15, -0.1) is 0 Å². The lowest BCUT2D eigenvalue weighted by Crippen LogP contribution is -2.36. The summed E-state index contributed by atoms with van der Waals surface area (Å²) in [5.74, 6) is 1.12. The van der Waals surface area contributed by atoms with Crippen molar-refractivity contribution in [2.45, 2.75) is 26.2 Å². The van der Waals surface area contributed by atoms with Gasteiger partial charge in [0.2, 0.25) is 0 Å². The molecule has 0 spiro atoms. The minimum atomic E-state index is 0.0678. The smallest absolute Gasteiger partial charge is 0.265 e. The second-order valence-electron chi connectivity index (χ2n) is 5.13. The van der Waals surface area contributed by atoms with Crippen molar-refractivity contribution < 1.29 is 0 Å². The first-order chi connectivity index (χ1) is 8.00. The molecule has 0 amide bonds. The maximum absolute atomic E-state index is 12.0. The molecule has 1 N–H and O–H groups in total. The number of pyridine rings is 1. The van der Waals surface area contributed by atoms with Crippen LogP contribution in [0.15, 0.2) is 15.3 Å². The molecule has 3 nitrogen and oxygen atoms in total. The Morgan fingerprint density at radius 1 is 1.47 bits per heavy atom. The summed E-state index contributed by atoms with van der Waals surface area (Å²) in [6.07, 6.45) is 1.15. The van der Waals surface area contributed by atoms with Gasteiger partial charge in [0.15, 0.2) is 0 Å². The summed E-state index contributed by atoms with van der Waals surface area (Å²) in [6, 6.07) is 2.13. The van der Waals surface area contributed by atoms with Crippen molar-refractivity contribution in [2.75, 3.05) is 13.1 Å². The van der Waals surface area contributed by atoms with Crippen molar-refractivity contribution in [3.63, 3.8) is 0 Å². The fraction of sp³-hybridized carbons (Fsp3) is 0.615. The fourth-order valence-corrected chi connectivity index (χ4v) is 2.97. The Hall–Kier alpha value is -0.610. The molecule has 2 heterocycles. The Morgan fingerprint density at radius 3 is 2.82 bits per heavy atom. The van der Waals surface area contributed by atoms with Crippen LogP contribution < -0.4 is 10.9 Å². The van der Waals surface area contributed by atoms with Gasteiger partial charge in [-0.25, -0.2) is 0 Å². The lowest BCUT2D eigenvalue weighted by Gasteiger charge is -2.29. The molecule has 1 aromatic heterocycles. The fourth-order valence-electron chi connectivity index (χ4n) is 2.59. The van der Waals surface area contributed by atoms with Crippen molar-refractivity contribution in [3.8, 4) is 0 Å². The molecule has 0 bridgehead atoms. The Bertz CT molecular complexity index is 481. The zero-order valence-electron chi connectivity index (χ0n) is 10.6. The highest BCUT2D eigenvalue weighted by molar-refractivity contribution is 9.10. The molecular weight excluding hydrogens is 280 g/mol. The molecule has 1 aliphatic heterocycles. The number of aromatic nitrogens is 1. The van der Waals surface area contributed by atoms with Gasteiger partial charge >= 0.3 is 0 Å². The largest absolute Gasteiger partial charge is 0.316 e. The van der Waals surface area contributed by atoms with Crippen molar-refractivity contribution in [3.05, 3.63) is 32.2 Å². The minimum Gasteiger partial charge on any atom is -0.316 e. The molecule has 2 atom stereocenters. The number of nitrogens with one attached hydrogen (secondary N) is 1. The Labute approximate surface area is 110 Å². The van der Waals surface area contributed by atoms with E-state index in [2.05, 4.69) is 34.2 Å². The highest BCUT2D eigenvalue weighted by Crippen LogP contribution is 2.27. The van der Waals surface area contributed by atoms with E-state index in [9.17, 15) is 4.79 Å².